The monoisotopic (exact) mass is 480 g/mol. The van der Waals surface area contributed by atoms with Gasteiger partial charge in [-0.25, -0.2) is 9.37 Å². The van der Waals surface area contributed by atoms with Crippen LogP contribution < -0.4 is 9.47 Å². The minimum atomic E-state index is -0.260. The number of halogens is 1. The minimum absolute atomic E-state index is 0.260. The van der Waals surface area contributed by atoms with Crippen molar-refractivity contribution in [3.63, 3.8) is 0 Å². The van der Waals surface area contributed by atoms with E-state index in [2.05, 4.69) is 39.7 Å². The zero-order valence-corrected chi connectivity index (χ0v) is 21.3. The second-order valence-corrected chi connectivity index (χ2v) is 10.2. The fourth-order valence-electron chi connectivity index (χ4n) is 5.82. The predicted molar refractivity (Wildman–Crippen MR) is 138 cm³/mol. The van der Waals surface area contributed by atoms with Crippen molar-refractivity contribution in [2.75, 3.05) is 40.4 Å². The Bertz CT molecular complexity index is 1160. The summed E-state index contributed by atoms with van der Waals surface area (Å²) < 4.78 is 25.9. The number of benzene rings is 2. The van der Waals surface area contributed by atoms with Crippen LogP contribution in [0.4, 0.5) is 4.39 Å². The zero-order chi connectivity index (χ0) is 24.5. The van der Waals surface area contributed by atoms with Crippen molar-refractivity contribution >= 4 is 11.0 Å². The number of aromatic amines is 1. The molecule has 35 heavy (non-hydrogen) atoms. The van der Waals surface area contributed by atoms with Gasteiger partial charge in [0.05, 0.1) is 19.7 Å². The number of H-pyrrole nitrogens is 1. The van der Waals surface area contributed by atoms with Crippen molar-refractivity contribution < 1.29 is 13.9 Å². The van der Waals surface area contributed by atoms with E-state index < -0.39 is 0 Å². The molecule has 6 nitrogen and oxygen atoms in total. The molecule has 2 aliphatic heterocycles. The molecule has 5 rings (SSSR count). The first-order valence-corrected chi connectivity index (χ1v) is 12.9. The van der Waals surface area contributed by atoms with Crippen molar-refractivity contribution in [2.45, 2.75) is 57.5 Å². The van der Waals surface area contributed by atoms with Gasteiger partial charge in [-0.2, -0.15) is 0 Å². The fourth-order valence-corrected chi connectivity index (χ4v) is 5.82. The smallest absolute Gasteiger partial charge is 0.161 e. The normalized spacial score (nSPS) is 19.0. The van der Waals surface area contributed by atoms with E-state index in [0.29, 0.717) is 40.8 Å². The number of nitrogens with zero attached hydrogens (tertiary/aromatic N) is 3. The van der Waals surface area contributed by atoms with Crippen molar-refractivity contribution in [3.8, 4) is 22.9 Å². The highest BCUT2D eigenvalue weighted by Crippen LogP contribution is 2.35. The van der Waals surface area contributed by atoms with Gasteiger partial charge >= 0.3 is 0 Å². The first-order chi connectivity index (χ1) is 17.0. The van der Waals surface area contributed by atoms with Gasteiger partial charge in [0.2, 0.25) is 0 Å². The van der Waals surface area contributed by atoms with Crippen LogP contribution in [-0.4, -0.2) is 72.3 Å². The number of likely N-dealkylation sites (tertiary alicyclic amines) is 2. The Balaban J connectivity index is 1.29. The third-order valence-corrected chi connectivity index (χ3v) is 7.97. The number of aromatic nitrogens is 2. The van der Waals surface area contributed by atoms with Gasteiger partial charge in [0.15, 0.2) is 17.3 Å². The lowest BCUT2D eigenvalue weighted by Crippen LogP contribution is -2.48. The SMILES string of the molecule is COc1ccc(-c2nc3c(F)cc(C4CCN(C5CCN(C(C)C)CC5)CC4)cc3[nH]2)cc1OC. The molecule has 0 amide bonds. The molecule has 0 saturated carbocycles. The van der Waals surface area contributed by atoms with E-state index in [1.807, 2.05) is 18.2 Å². The van der Waals surface area contributed by atoms with Crippen molar-refractivity contribution in [1.82, 2.24) is 19.8 Å². The Morgan fingerprint density at radius 1 is 0.943 bits per heavy atom. The summed E-state index contributed by atoms with van der Waals surface area (Å²) in [5, 5.41) is 0. The number of hydrogen-bond acceptors (Lipinski definition) is 5. The van der Waals surface area contributed by atoms with Gasteiger partial charge in [-0.1, -0.05) is 0 Å². The number of rotatable bonds is 6. The maximum Gasteiger partial charge on any atom is 0.161 e. The van der Waals surface area contributed by atoms with Gasteiger partial charge in [-0.05, 0) is 108 Å². The van der Waals surface area contributed by atoms with Crippen LogP contribution in [0.2, 0.25) is 0 Å². The van der Waals surface area contributed by atoms with E-state index in [0.717, 1.165) is 42.6 Å². The molecule has 0 aliphatic carbocycles. The van der Waals surface area contributed by atoms with Crippen LogP contribution >= 0.6 is 0 Å². The molecule has 0 bridgehead atoms. The van der Waals surface area contributed by atoms with Gasteiger partial charge in [0.1, 0.15) is 11.3 Å². The molecular weight excluding hydrogens is 443 g/mol. The first-order valence-electron chi connectivity index (χ1n) is 12.9. The molecule has 7 heteroatoms. The predicted octanol–water partition coefficient (Wildman–Crippen LogP) is 5.44. The third kappa shape index (κ3) is 4.89. The van der Waals surface area contributed by atoms with Crippen molar-refractivity contribution in [1.29, 1.82) is 0 Å². The highest BCUT2D eigenvalue weighted by atomic mass is 19.1. The molecule has 0 unspecified atom stereocenters. The zero-order valence-electron chi connectivity index (χ0n) is 21.3. The number of hydrogen-bond donors (Lipinski definition) is 1. The molecule has 0 atom stereocenters. The van der Waals surface area contributed by atoms with Gasteiger partial charge in [0, 0.05) is 17.6 Å². The Morgan fingerprint density at radius 2 is 1.66 bits per heavy atom. The summed E-state index contributed by atoms with van der Waals surface area (Å²) in [6.45, 7) is 9.17. The standard InChI is InChI=1S/C28H37FN4O2/c1-18(2)32-13-9-22(10-14-32)33-11-7-19(8-12-33)21-15-23(29)27-24(16-21)30-28(31-27)20-5-6-25(34-3)26(17-20)35-4/h5-6,15-19,22H,7-14H2,1-4H3,(H,30,31). The summed E-state index contributed by atoms with van der Waals surface area (Å²) in [6.07, 6.45) is 4.67. The van der Waals surface area contributed by atoms with Crippen LogP contribution in [0.25, 0.3) is 22.4 Å². The lowest BCUT2D eigenvalue weighted by atomic mass is 9.87. The van der Waals surface area contributed by atoms with E-state index >= 15 is 4.39 Å². The third-order valence-electron chi connectivity index (χ3n) is 7.97. The molecule has 2 aromatic carbocycles. The highest BCUT2D eigenvalue weighted by Gasteiger charge is 2.29. The Kier molecular flexibility index (Phi) is 6.98. The summed E-state index contributed by atoms with van der Waals surface area (Å²) in [4.78, 5) is 13.1. The van der Waals surface area contributed by atoms with Crippen LogP contribution in [0.3, 0.4) is 0 Å². The van der Waals surface area contributed by atoms with Crippen molar-refractivity contribution in [3.05, 3.63) is 41.7 Å². The maximum absolute atomic E-state index is 15.1. The van der Waals surface area contributed by atoms with E-state index in [9.17, 15) is 0 Å². The van der Waals surface area contributed by atoms with Crippen LogP contribution in [0.5, 0.6) is 11.5 Å². The molecule has 2 aliphatic rings. The summed E-state index contributed by atoms with van der Waals surface area (Å²) >= 11 is 0. The maximum atomic E-state index is 15.1. The number of piperidine rings is 2. The fraction of sp³-hybridized carbons (Fsp3) is 0.536. The lowest BCUT2D eigenvalue weighted by Gasteiger charge is -2.42. The molecule has 1 N–H and O–H groups in total. The van der Waals surface area contributed by atoms with Gasteiger partial charge in [0.25, 0.3) is 0 Å². The Labute approximate surface area is 207 Å². The van der Waals surface area contributed by atoms with Gasteiger partial charge in [-0.3, -0.25) is 0 Å². The van der Waals surface area contributed by atoms with E-state index in [1.165, 1.54) is 25.9 Å². The Hall–Kier alpha value is -2.64. The van der Waals surface area contributed by atoms with Crippen LogP contribution in [0.15, 0.2) is 30.3 Å². The molecule has 0 radical (unpaired) electrons. The number of ether oxygens (including phenoxy) is 2. The van der Waals surface area contributed by atoms with Gasteiger partial charge in [-0.15, -0.1) is 0 Å². The second-order valence-electron chi connectivity index (χ2n) is 10.2. The van der Waals surface area contributed by atoms with E-state index in [1.54, 1.807) is 20.3 Å². The summed E-state index contributed by atoms with van der Waals surface area (Å²) in [5.41, 5.74) is 3.03. The van der Waals surface area contributed by atoms with Crippen LogP contribution in [-0.2, 0) is 0 Å². The average Bonchev–Trinajstić information content (AvgIpc) is 3.33. The van der Waals surface area contributed by atoms with Gasteiger partial charge < -0.3 is 24.3 Å². The molecule has 0 spiro atoms. The van der Waals surface area contributed by atoms with E-state index in [-0.39, 0.29) is 5.82 Å². The summed E-state index contributed by atoms with van der Waals surface area (Å²) in [6, 6.07) is 10.7. The summed E-state index contributed by atoms with van der Waals surface area (Å²) in [5.74, 6) is 2.02. The minimum Gasteiger partial charge on any atom is -0.493 e. The van der Waals surface area contributed by atoms with E-state index in [4.69, 9.17) is 9.47 Å². The second kappa shape index (κ2) is 10.2. The molecular formula is C28H37FN4O2. The quantitative estimate of drug-likeness (QED) is 0.509. The largest absolute Gasteiger partial charge is 0.493 e. The topological polar surface area (TPSA) is 53.6 Å². The lowest BCUT2D eigenvalue weighted by molar-refractivity contribution is 0.0753. The van der Waals surface area contributed by atoms with Crippen LogP contribution in [0.1, 0.15) is 51.0 Å². The number of imidazole rings is 1. The molecule has 3 aromatic rings. The highest BCUT2D eigenvalue weighted by molar-refractivity contribution is 5.81. The molecule has 188 valence electrons. The summed E-state index contributed by atoms with van der Waals surface area (Å²) in [7, 11) is 3.21. The molecule has 3 heterocycles. The first kappa shape index (κ1) is 24.1. The number of fused-ring (bicyclic) bond motifs is 1. The average molecular weight is 481 g/mol. The number of methoxy groups -OCH3 is 2. The molecule has 2 fully saturated rings. The molecule has 2 saturated heterocycles. The Morgan fingerprint density at radius 3 is 2.31 bits per heavy atom. The molecule has 1 aromatic heterocycles. The van der Waals surface area contributed by atoms with Crippen molar-refractivity contribution in [2.24, 2.45) is 0 Å². The number of nitrogens with one attached hydrogen (secondary N) is 1. The van der Waals surface area contributed by atoms with Crippen LogP contribution in [0, 0.1) is 5.82 Å².